The molecular formula is C22H17ClF3NO6S. The first kappa shape index (κ1) is 23.0. The molecule has 0 aromatic heterocycles. The number of sulfone groups is 1. The van der Waals surface area contributed by atoms with Crippen LogP contribution >= 0.6 is 11.6 Å². The van der Waals surface area contributed by atoms with E-state index < -0.39 is 56.1 Å². The van der Waals surface area contributed by atoms with Gasteiger partial charge >= 0.3 is 6.16 Å². The number of carbonyl (C=O) groups excluding carboxylic acids is 2. The lowest BCUT2D eigenvalue weighted by Gasteiger charge is -2.29. The predicted octanol–water partition coefficient (Wildman–Crippen LogP) is 4.49. The summed E-state index contributed by atoms with van der Waals surface area (Å²) < 4.78 is 77.7. The van der Waals surface area contributed by atoms with E-state index in [1.165, 1.54) is 12.1 Å². The first-order valence-corrected chi connectivity index (χ1v) is 12.3. The molecule has 1 spiro atoms. The number of cyclic esters (lactones) is 1. The summed E-state index contributed by atoms with van der Waals surface area (Å²) in [6.07, 6.45) is 0.694. The molecule has 2 aliphatic carbocycles. The zero-order chi connectivity index (χ0) is 24.4. The molecule has 7 nitrogen and oxygen atoms in total. The fraction of sp³-hybridized carbons (Fsp3) is 0.364. The summed E-state index contributed by atoms with van der Waals surface area (Å²) in [5.74, 6) is -6.28. The van der Waals surface area contributed by atoms with Crippen LogP contribution in [0.5, 0.6) is 0 Å². The number of hydrogen-bond donors (Lipinski definition) is 1. The summed E-state index contributed by atoms with van der Waals surface area (Å²) in [7, 11) is -4.06. The molecular weight excluding hydrogens is 499 g/mol. The highest BCUT2D eigenvalue weighted by molar-refractivity contribution is 7.92. The van der Waals surface area contributed by atoms with Crippen molar-refractivity contribution in [2.45, 2.75) is 35.0 Å². The third-order valence-corrected chi connectivity index (χ3v) is 9.64. The summed E-state index contributed by atoms with van der Waals surface area (Å²) in [5, 5.41) is 1.23. The van der Waals surface area contributed by atoms with E-state index in [2.05, 4.69) is 5.32 Å². The van der Waals surface area contributed by atoms with Crippen molar-refractivity contribution in [3.8, 4) is 0 Å². The minimum atomic E-state index is -4.06. The lowest BCUT2D eigenvalue weighted by atomic mass is 9.85. The Bertz CT molecular complexity index is 1310. The molecule has 2 saturated carbocycles. The maximum Gasteiger partial charge on any atom is 0.509 e. The summed E-state index contributed by atoms with van der Waals surface area (Å²) in [5.41, 5.74) is -1.47. The van der Waals surface area contributed by atoms with Gasteiger partial charge in [0.2, 0.25) is 0 Å². The lowest BCUT2D eigenvalue weighted by molar-refractivity contribution is 0.0110. The largest absolute Gasteiger partial charge is 0.509 e. The quantitative estimate of drug-likeness (QED) is 0.476. The van der Waals surface area contributed by atoms with Crippen LogP contribution in [0, 0.1) is 29.3 Å². The molecule has 3 aliphatic rings. The van der Waals surface area contributed by atoms with Gasteiger partial charge < -0.3 is 14.8 Å². The first-order valence-electron chi connectivity index (χ1n) is 10.4. The minimum absolute atomic E-state index is 0.0139. The molecule has 34 heavy (non-hydrogen) atoms. The fourth-order valence-corrected chi connectivity index (χ4v) is 8.35. The molecule has 2 unspecified atom stereocenters. The summed E-state index contributed by atoms with van der Waals surface area (Å²) in [6, 6.07) is 4.78. The second-order valence-corrected chi connectivity index (χ2v) is 11.2. The van der Waals surface area contributed by atoms with Crippen LogP contribution in [0.4, 0.5) is 23.7 Å². The second-order valence-electron chi connectivity index (χ2n) is 8.72. The van der Waals surface area contributed by atoms with E-state index in [4.69, 9.17) is 21.1 Å². The van der Waals surface area contributed by atoms with Gasteiger partial charge in [-0.25, -0.2) is 26.4 Å². The van der Waals surface area contributed by atoms with Gasteiger partial charge in [0, 0.05) is 29.3 Å². The first-order chi connectivity index (χ1) is 16.0. The minimum Gasteiger partial charge on any atom is -0.430 e. The Labute approximate surface area is 197 Å². The maximum absolute atomic E-state index is 13.7. The number of carbonyl (C=O) groups is 2. The average molecular weight is 516 g/mol. The Morgan fingerprint density at radius 3 is 2.47 bits per heavy atom. The average Bonchev–Trinajstić information content (AvgIpc) is 3.45. The molecule has 180 valence electrons. The molecule has 0 radical (unpaired) electrons. The number of amides is 1. The maximum atomic E-state index is 13.7. The van der Waals surface area contributed by atoms with Gasteiger partial charge in [-0.3, -0.25) is 4.79 Å². The number of anilines is 1. The van der Waals surface area contributed by atoms with E-state index in [9.17, 15) is 31.2 Å². The van der Waals surface area contributed by atoms with Gasteiger partial charge in [0.25, 0.3) is 5.91 Å². The Morgan fingerprint density at radius 1 is 1.12 bits per heavy atom. The Morgan fingerprint density at radius 2 is 1.82 bits per heavy atom. The van der Waals surface area contributed by atoms with Crippen LogP contribution in [0.15, 0.2) is 35.2 Å². The molecule has 2 bridgehead atoms. The zero-order valence-electron chi connectivity index (χ0n) is 17.3. The standard InChI is InChI=1S/C22H17ClF3NO6S/c23-14-4-2-10(20(28)27-12-6-15(24)18(26)16(25)7-12)5-17(14)34(30,31)19-11-1-3-13(19)22(8-11)9-32-21(29)33-22/h2,4-7,11,13,19H,1,3,8-9H2,(H,27,28)/t11?,13?,19-,22+/m1/s1. The number of fused-ring (bicyclic) bond motifs is 3. The summed E-state index contributed by atoms with van der Waals surface area (Å²) in [4.78, 5) is 23.9. The van der Waals surface area contributed by atoms with E-state index in [0.717, 1.165) is 6.07 Å². The second kappa shape index (κ2) is 7.88. The van der Waals surface area contributed by atoms with Gasteiger partial charge in [-0.2, -0.15) is 0 Å². The van der Waals surface area contributed by atoms with Crippen LogP contribution in [-0.2, 0) is 19.3 Å². The van der Waals surface area contributed by atoms with Crippen molar-refractivity contribution >= 4 is 39.2 Å². The third-order valence-electron chi connectivity index (χ3n) is 6.81. The van der Waals surface area contributed by atoms with Crippen LogP contribution in [0.25, 0.3) is 0 Å². The van der Waals surface area contributed by atoms with Crippen LogP contribution in [0.3, 0.4) is 0 Å². The number of ether oxygens (including phenoxy) is 2. The van der Waals surface area contributed by atoms with E-state index in [1.807, 2.05) is 0 Å². The van der Waals surface area contributed by atoms with Crippen LogP contribution < -0.4 is 5.32 Å². The molecule has 1 amide bonds. The van der Waals surface area contributed by atoms with Crippen LogP contribution in [-0.4, -0.2) is 37.9 Å². The molecule has 1 aliphatic heterocycles. The molecule has 5 rings (SSSR count). The Hall–Kier alpha value is -2.79. The van der Waals surface area contributed by atoms with Crippen molar-refractivity contribution in [3.05, 3.63) is 58.4 Å². The number of benzene rings is 2. The van der Waals surface area contributed by atoms with E-state index >= 15 is 0 Å². The number of hydrogen-bond acceptors (Lipinski definition) is 6. The van der Waals surface area contributed by atoms with Crippen molar-refractivity contribution in [1.29, 1.82) is 0 Å². The SMILES string of the molecule is O=C1OC[C@]2(CC3CCC2[C@@H]3S(=O)(=O)c2cc(C(=O)Nc3cc(F)c(F)c(F)c3)ccc2Cl)O1. The van der Waals surface area contributed by atoms with Crippen molar-refractivity contribution < 1.29 is 40.7 Å². The highest BCUT2D eigenvalue weighted by Crippen LogP contribution is 2.58. The summed E-state index contributed by atoms with van der Waals surface area (Å²) in [6.45, 7) is -0.0139. The predicted molar refractivity (Wildman–Crippen MR) is 113 cm³/mol. The highest BCUT2D eigenvalue weighted by atomic mass is 35.5. The monoisotopic (exact) mass is 515 g/mol. The number of halogens is 4. The van der Waals surface area contributed by atoms with Crippen molar-refractivity contribution in [2.24, 2.45) is 11.8 Å². The van der Waals surface area contributed by atoms with Crippen LogP contribution in [0.2, 0.25) is 5.02 Å². The molecule has 4 atom stereocenters. The van der Waals surface area contributed by atoms with Gasteiger partial charge in [0.15, 0.2) is 32.9 Å². The van der Waals surface area contributed by atoms with Crippen molar-refractivity contribution in [3.63, 3.8) is 0 Å². The Kier molecular flexibility index (Phi) is 5.32. The van der Waals surface area contributed by atoms with E-state index in [0.29, 0.717) is 31.4 Å². The smallest absolute Gasteiger partial charge is 0.430 e. The topological polar surface area (TPSA) is 98.8 Å². The molecule has 2 aromatic rings. The molecule has 12 heteroatoms. The molecule has 1 heterocycles. The number of nitrogens with one attached hydrogen (secondary N) is 1. The van der Waals surface area contributed by atoms with Gasteiger partial charge in [0.05, 0.1) is 15.2 Å². The highest BCUT2D eigenvalue weighted by Gasteiger charge is 2.66. The molecule has 2 aromatic carbocycles. The van der Waals surface area contributed by atoms with Gasteiger partial charge in [-0.05, 0) is 43.4 Å². The normalized spacial score (nSPS) is 27.6. The lowest BCUT2D eigenvalue weighted by Crippen LogP contribution is -2.41. The fourth-order valence-electron chi connectivity index (χ4n) is 5.43. The number of rotatable bonds is 4. The summed E-state index contributed by atoms with van der Waals surface area (Å²) >= 11 is 6.21. The van der Waals surface area contributed by atoms with Crippen molar-refractivity contribution in [1.82, 2.24) is 0 Å². The molecule has 1 N–H and O–H groups in total. The van der Waals surface area contributed by atoms with E-state index in [-0.39, 0.29) is 33.7 Å². The van der Waals surface area contributed by atoms with Gasteiger partial charge in [-0.15, -0.1) is 0 Å². The third kappa shape index (κ3) is 3.52. The van der Waals surface area contributed by atoms with Crippen molar-refractivity contribution in [2.75, 3.05) is 11.9 Å². The van der Waals surface area contributed by atoms with Gasteiger partial charge in [-0.1, -0.05) is 11.6 Å². The van der Waals surface area contributed by atoms with Crippen LogP contribution in [0.1, 0.15) is 29.6 Å². The van der Waals surface area contributed by atoms with E-state index in [1.54, 1.807) is 0 Å². The molecule has 3 fully saturated rings. The van der Waals surface area contributed by atoms with Gasteiger partial charge in [0.1, 0.15) is 6.61 Å². The molecule has 1 saturated heterocycles. The zero-order valence-corrected chi connectivity index (χ0v) is 18.9. The Balaban J connectivity index is 1.45.